The van der Waals surface area contributed by atoms with Gasteiger partial charge in [-0.05, 0) is 46.7 Å². The van der Waals surface area contributed by atoms with Crippen LogP contribution in [-0.4, -0.2) is 21.1 Å². The minimum Gasteiger partial charge on any atom is -0.347 e. The zero-order chi connectivity index (χ0) is 20.8. The number of anilines is 2. The van der Waals surface area contributed by atoms with Crippen LogP contribution in [0.5, 0.6) is 0 Å². The number of amides is 1. The lowest BCUT2D eigenvalue weighted by atomic mass is 9.92. The molecule has 0 saturated carbocycles. The summed E-state index contributed by atoms with van der Waals surface area (Å²) in [6.07, 6.45) is 3.42. The molecule has 0 aliphatic rings. The fourth-order valence-corrected chi connectivity index (χ4v) is 3.12. The Morgan fingerprint density at radius 1 is 0.931 bits per heavy atom. The maximum atomic E-state index is 12.3. The second-order valence-corrected chi connectivity index (χ2v) is 7.59. The number of nitrogens with one attached hydrogen (secondary N) is 2. The third-order valence-electron chi connectivity index (χ3n) is 4.70. The Morgan fingerprint density at radius 2 is 1.66 bits per heavy atom. The highest BCUT2D eigenvalue weighted by molar-refractivity contribution is 5.92. The number of carbonyl (C=O) groups excluding carboxylic acids is 1. The van der Waals surface area contributed by atoms with Crippen molar-refractivity contribution in [2.24, 2.45) is 0 Å². The molecular formula is C23H27N5O. The summed E-state index contributed by atoms with van der Waals surface area (Å²) < 4.78 is 0. The fourth-order valence-electron chi connectivity index (χ4n) is 3.12. The van der Waals surface area contributed by atoms with Crippen LogP contribution in [0.1, 0.15) is 66.7 Å². The standard InChI is InChI=1S/C23H27N5O/c1-15(2)18-8-5-9-19(16(3)4)22(18)26-21-11-10-20(27-28-21)23(29)25-14-17-7-6-12-24-13-17/h5-13,15-16H,14H2,1-4H3,(H,25,29)(H,26,28). The van der Waals surface area contributed by atoms with Gasteiger partial charge in [-0.3, -0.25) is 9.78 Å². The van der Waals surface area contributed by atoms with Gasteiger partial charge < -0.3 is 10.6 Å². The molecule has 1 amide bonds. The molecule has 29 heavy (non-hydrogen) atoms. The van der Waals surface area contributed by atoms with Gasteiger partial charge in [0.15, 0.2) is 11.5 Å². The Labute approximate surface area is 171 Å². The maximum absolute atomic E-state index is 12.3. The first-order valence-corrected chi connectivity index (χ1v) is 9.86. The van der Waals surface area contributed by atoms with E-state index >= 15 is 0 Å². The predicted molar refractivity (Wildman–Crippen MR) is 115 cm³/mol. The van der Waals surface area contributed by atoms with Crippen LogP contribution in [0, 0.1) is 0 Å². The number of benzene rings is 1. The lowest BCUT2D eigenvalue weighted by Crippen LogP contribution is -2.24. The molecule has 2 heterocycles. The summed E-state index contributed by atoms with van der Waals surface area (Å²) in [6.45, 7) is 9.09. The normalized spacial score (nSPS) is 11.0. The van der Waals surface area contributed by atoms with Crippen molar-refractivity contribution < 1.29 is 4.79 Å². The van der Waals surface area contributed by atoms with E-state index in [0.29, 0.717) is 24.2 Å². The van der Waals surface area contributed by atoms with Gasteiger partial charge in [-0.2, -0.15) is 0 Å². The van der Waals surface area contributed by atoms with Crippen LogP contribution in [0.15, 0.2) is 54.9 Å². The Bertz CT molecular complexity index is 927. The number of hydrogen-bond donors (Lipinski definition) is 2. The van der Waals surface area contributed by atoms with Gasteiger partial charge >= 0.3 is 0 Å². The van der Waals surface area contributed by atoms with Crippen molar-refractivity contribution in [2.45, 2.75) is 46.1 Å². The van der Waals surface area contributed by atoms with Gasteiger partial charge in [0.2, 0.25) is 0 Å². The predicted octanol–water partition coefficient (Wildman–Crippen LogP) is 4.79. The van der Waals surface area contributed by atoms with Crippen molar-refractivity contribution in [1.82, 2.24) is 20.5 Å². The molecule has 2 aromatic heterocycles. The van der Waals surface area contributed by atoms with Crippen LogP contribution >= 0.6 is 0 Å². The summed E-state index contributed by atoms with van der Waals surface area (Å²) in [6, 6.07) is 13.6. The van der Waals surface area contributed by atoms with E-state index in [0.717, 1.165) is 11.3 Å². The average Bonchev–Trinajstić information content (AvgIpc) is 2.73. The van der Waals surface area contributed by atoms with Crippen LogP contribution in [0.4, 0.5) is 11.5 Å². The Morgan fingerprint density at radius 3 is 2.21 bits per heavy atom. The van der Waals surface area contributed by atoms with E-state index < -0.39 is 0 Å². The molecule has 2 N–H and O–H groups in total. The molecule has 1 aromatic carbocycles. The van der Waals surface area contributed by atoms with E-state index in [4.69, 9.17) is 0 Å². The van der Waals surface area contributed by atoms with Gasteiger partial charge in [0, 0.05) is 24.6 Å². The highest BCUT2D eigenvalue weighted by Crippen LogP contribution is 2.33. The Balaban J connectivity index is 1.73. The van der Waals surface area contributed by atoms with Crippen molar-refractivity contribution in [3.8, 4) is 0 Å². The largest absolute Gasteiger partial charge is 0.347 e. The van der Waals surface area contributed by atoms with Crippen LogP contribution in [-0.2, 0) is 6.54 Å². The minimum absolute atomic E-state index is 0.265. The van der Waals surface area contributed by atoms with Crippen molar-refractivity contribution in [2.75, 3.05) is 5.32 Å². The minimum atomic E-state index is -0.265. The third-order valence-corrected chi connectivity index (χ3v) is 4.70. The lowest BCUT2D eigenvalue weighted by Gasteiger charge is -2.20. The molecule has 3 aromatic rings. The zero-order valence-electron chi connectivity index (χ0n) is 17.3. The van der Waals surface area contributed by atoms with Gasteiger partial charge in [0.25, 0.3) is 5.91 Å². The Kier molecular flexibility index (Phi) is 6.54. The molecule has 3 rings (SSSR count). The molecule has 0 radical (unpaired) electrons. The molecule has 0 spiro atoms. The number of nitrogens with zero attached hydrogens (tertiary/aromatic N) is 3. The van der Waals surface area contributed by atoms with Crippen LogP contribution < -0.4 is 10.6 Å². The molecule has 0 saturated heterocycles. The van der Waals surface area contributed by atoms with E-state index in [1.807, 2.05) is 12.1 Å². The van der Waals surface area contributed by atoms with Crippen LogP contribution in [0.3, 0.4) is 0 Å². The smallest absolute Gasteiger partial charge is 0.272 e. The van der Waals surface area contributed by atoms with E-state index in [1.54, 1.807) is 24.5 Å². The van der Waals surface area contributed by atoms with E-state index in [-0.39, 0.29) is 11.6 Å². The highest BCUT2D eigenvalue weighted by Gasteiger charge is 2.15. The van der Waals surface area contributed by atoms with Gasteiger partial charge in [-0.25, -0.2) is 0 Å². The third kappa shape index (κ3) is 5.16. The topological polar surface area (TPSA) is 79.8 Å². The SMILES string of the molecule is CC(C)c1cccc(C(C)C)c1Nc1ccc(C(=O)NCc2cccnc2)nn1. The number of hydrogen-bond acceptors (Lipinski definition) is 5. The molecule has 0 unspecified atom stereocenters. The summed E-state index contributed by atoms with van der Waals surface area (Å²) in [7, 11) is 0. The number of pyridine rings is 1. The van der Waals surface area contributed by atoms with Gasteiger partial charge in [-0.1, -0.05) is 52.0 Å². The first kappa shape index (κ1) is 20.5. The fraction of sp³-hybridized carbons (Fsp3) is 0.304. The molecule has 150 valence electrons. The summed E-state index contributed by atoms with van der Waals surface area (Å²) >= 11 is 0. The van der Waals surface area contributed by atoms with Gasteiger partial charge in [0.05, 0.1) is 0 Å². The molecule has 0 aliphatic carbocycles. The van der Waals surface area contributed by atoms with Crippen molar-refractivity contribution >= 4 is 17.4 Å². The van der Waals surface area contributed by atoms with Gasteiger partial charge in [-0.15, -0.1) is 10.2 Å². The molecule has 6 nitrogen and oxygen atoms in total. The Hall–Kier alpha value is -3.28. The molecule has 0 fully saturated rings. The van der Waals surface area contributed by atoms with Crippen molar-refractivity contribution in [1.29, 1.82) is 0 Å². The first-order valence-electron chi connectivity index (χ1n) is 9.86. The summed E-state index contributed by atoms with van der Waals surface area (Å²) in [4.78, 5) is 16.4. The number of carbonyl (C=O) groups is 1. The lowest BCUT2D eigenvalue weighted by molar-refractivity contribution is 0.0945. The van der Waals surface area contributed by atoms with E-state index in [1.165, 1.54) is 11.1 Å². The molecule has 0 bridgehead atoms. The second kappa shape index (κ2) is 9.28. The molecule has 6 heteroatoms. The zero-order valence-corrected chi connectivity index (χ0v) is 17.3. The summed E-state index contributed by atoms with van der Waals surface area (Å²) in [5.41, 5.74) is 4.74. The quantitative estimate of drug-likeness (QED) is 0.607. The molecule has 0 atom stereocenters. The number of rotatable bonds is 7. The van der Waals surface area contributed by atoms with E-state index in [9.17, 15) is 4.79 Å². The monoisotopic (exact) mass is 389 g/mol. The highest BCUT2D eigenvalue weighted by atomic mass is 16.1. The summed E-state index contributed by atoms with van der Waals surface area (Å²) in [5, 5.41) is 14.6. The van der Waals surface area contributed by atoms with Crippen LogP contribution in [0.25, 0.3) is 0 Å². The first-order chi connectivity index (χ1) is 14.0. The second-order valence-electron chi connectivity index (χ2n) is 7.59. The summed E-state index contributed by atoms with van der Waals surface area (Å²) in [5.74, 6) is 1.10. The van der Waals surface area contributed by atoms with Crippen LogP contribution in [0.2, 0.25) is 0 Å². The molecule has 0 aliphatic heterocycles. The molecular weight excluding hydrogens is 362 g/mol. The van der Waals surface area contributed by atoms with Crippen molar-refractivity contribution in [3.05, 3.63) is 77.2 Å². The van der Waals surface area contributed by atoms with Crippen molar-refractivity contribution in [3.63, 3.8) is 0 Å². The maximum Gasteiger partial charge on any atom is 0.272 e. The number of aromatic nitrogens is 3. The number of para-hydroxylation sites is 1. The average molecular weight is 390 g/mol. The van der Waals surface area contributed by atoms with Gasteiger partial charge in [0.1, 0.15) is 0 Å². The van der Waals surface area contributed by atoms with E-state index in [2.05, 4.69) is 71.7 Å².